The van der Waals surface area contributed by atoms with Crippen LogP contribution in [-0.2, 0) is 9.47 Å². The molecule has 6 heteroatoms. The van der Waals surface area contributed by atoms with Gasteiger partial charge in [-0.2, -0.15) is 0 Å². The zero-order chi connectivity index (χ0) is 16.7. The molecule has 126 valence electrons. The molecule has 4 nitrogen and oxygen atoms in total. The van der Waals surface area contributed by atoms with Crippen molar-refractivity contribution in [3.8, 4) is 0 Å². The first-order chi connectivity index (χ1) is 11.6. The second-order valence-corrected chi connectivity index (χ2v) is 6.22. The maximum atomic E-state index is 13.2. The minimum Gasteiger partial charge on any atom is -0.394 e. The Bertz CT molecular complexity index is 663. The van der Waals surface area contributed by atoms with Gasteiger partial charge in [-0.15, -0.1) is 0 Å². The van der Waals surface area contributed by atoms with E-state index in [1.54, 1.807) is 24.3 Å². The summed E-state index contributed by atoms with van der Waals surface area (Å²) in [6.45, 7) is 0.495. The summed E-state index contributed by atoms with van der Waals surface area (Å²) in [6.07, 6.45) is -0.925. The number of hydrogen-bond donors (Lipinski definition) is 1. The highest BCUT2D eigenvalue weighted by Crippen LogP contribution is 2.48. The molecule has 2 saturated heterocycles. The molecular formula is C18H17F2NO3. The molecule has 0 bridgehead atoms. The molecule has 0 saturated carbocycles. The largest absolute Gasteiger partial charge is 0.394 e. The smallest absolute Gasteiger partial charge is 0.139 e. The molecule has 0 spiro atoms. The number of fused-ring (bicyclic) bond motifs is 1. The van der Waals surface area contributed by atoms with E-state index in [1.165, 1.54) is 24.3 Å². The van der Waals surface area contributed by atoms with E-state index in [0.29, 0.717) is 13.2 Å². The zero-order valence-corrected chi connectivity index (χ0v) is 12.9. The fraction of sp³-hybridized carbons (Fsp3) is 0.333. The third-order valence-corrected chi connectivity index (χ3v) is 4.68. The number of nitrogens with zero attached hydrogens (tertiary/aromatic N) is 1. The predicted octanol–water partition coefficient (Wildman–Crippen LogP) is 2.76. The number of aliphatic hydroxyl groups is 1. The van der Waals surface area contributed by atoms with Crippen molar-refractivity contribution in [2.45, 2.75) is 18.0 Å². The van der Waals surface area contributed by atoms with Gasteiger partial charge in [0.05, 0.1) is 25.4 Å². The Morgan fingerprint density at radius 2 is 1.29 bits per heavy atom. The van der Waals surface area contributed by atoms with E-state index in [2.05, 4.69) is 0 Å². The monoisotopic (exact) mass is 333 g/mol. The number of rotatable bonds is 3. The number of benzene rings is 2. The van der Waals surface area contributed by atoms with Crippen LogP contribution in [0.15, 0.2) is 48.5 Å². The van der Waals surface area contributed by atoms with Gasteiger partial charge in [-0.25, -0.2) is 13.7 Å². The Kier molecular flexibility index (Phi) is 3.85. The van der Waals surface area contributed by atoms with Crippen LogP contribution < -0.4 is 0 Å². The van der Waals surface area contributed by atoms with E-state index in [9.17, 15) is 13.9 Å². The summed E-state index contributed by atoms with van der Waals surface area (Å²) < 4.78 is 38.2. The van der Waals surface area contributed by atoms with Crippen molar-refractivity contribution < 1.29 is 23.4 Å². The molecule has 2 heterocycles. The fourth-order valence-corrected chi connectivity index (χ4v) is 3.38. The van der Waals surface area contributed by atoms with Crippen LogP contribution in [0.2, 0.25) is 0 Å². The van der Waals surface area contributed by atoms with Gasteiger partial charge in [-0.3, -0.25) is 0 Å². The Balaban J connectivity index is 1.72. The molecule has 3 atom stereocenters. The quantitative estimate of drug-likeness (QED) is 0.938. The molecule has 0 amide bonds. The second kappa shape index (κ2) is 5.89. The number of hydrogen-bond acceptors (Lipinski definition) is 4. The van der Waals surface area contributed by atoms with Crippen molar-refractivity contribution in [3.05, 3.63) is 71.3 Å². The van der Waals surface area contributed by atoms with Gasteiger partial charge in [0.25, 0.3) is 0 Å². The molecule has 0 aliphatic carbocycles. The van der Waals surface area contributed by atoms with Crippen molar-refractivity contribution in [3.63, 3.8) is 0 Å². The summed E-state index contributed by atoms with van der Waals surface area (Å²) in [5.74, 6) is -0.643. The lowest BCUT2D eigenvalue weighted by atomic mass is 10.0. The van der Waals surface area contributed by atoms with Gasteiger partial charge in [-0.05, 0) is 35.4 Å². The molecule has 0 radical (unpaired) electrons. The zero-order valence-electron chi connectivity index (χ0n) is 12.9. The van der Waals surface area contributed by atoms with Gasteiger partial charge in [0.15, 0.2) is 0 Å². The van der Waals surface area contributed by atoms with Gasteiger partial charge >= 0.3 is 0 Å². The van der Waals surface area contributed by atoms with E-state index in [1.807, 2.05) is 4.90 Å². The lowest BCUT2D eigenvalue weighted by molar-refractivity contribution is -0.0630. The molecule has 2 unspecified atom stereocenters. The van der Waals surface area contributed by atoms with Crippen LogP contribution in [0.25, 0.3) is 0 Å². The topological polar surface area (TPSA) is 41.9 Å². The molecule has 24 heavy (non-hydrogen) atoms. The fourth-order valence-electron chi connectivity index (χ4n) is 3.38. The van der Waals surface area contributed by atoms with Crippen LogP contribution in [-0.4, -0.2) is 35.4 Å². The molecule has 2 aliphatic rings. The van der Waals surface area contributed by atoms with E-state index < -0.39 is 18.0 Å². The van der Waals surface area contributed by atoms with Gasteiger partial charge in [0.2, 0.25) is 0 Å². The maximum Gasteiger partial charge on any atom is 0.139 e. The number of ether oxygens (including phenoxy) is 2. The lowest BCUT2D eigenvalue weighted by Gasteiger charge is -2.33. The van der Waals surface area contributed by atoms with Gasteiger partial charge in [0, 0.05) is 0 Å². The molecule has 2 aromatic rings. The lowest BCUT2D eigenvalue weighted by Crippen LogP contribution is -2.47. The summed E-state index contributed by atoms with van der Waals surface area (Å²) in [5.41, 5.74) is 0.909. The van der Waals surface area contributed by atoms with Gasteiger partial charge < -0.3 is 14.6 Å². The maximum absolute atomic E-state index is 13.2. The minimum atomic E-state index is -0.655. The molecule has 0 aromatic heterocycles. The van der Waals surface area contributed by atoms with Crippen LogP contribution in [0.4, 0.5) is 8.78 Å². The van der Waals surface area contributed by atoms with Crippen LogP contribution in [0.1, 0.15) is 23.6 Å². The normalized spacial score (nSPS) is 29.8. The highest BCUT2D eigenvalue weighted by molar-refractivity contribution is 5.25. The third kappa shape index (κ3) is 2.43. The molecule has 4 rings (SSSR count). The summed E-state index contributed by atoms with van der Waals surface area (Å²) in [7, 11) is 0. The van der Waals surface area contributed by atoms with E-state index in [4.69, 9.17) is 9.47 Å². The van der Waals surface area contributed by atoms with Crippen LogP contribution in [0.3, 0.4) is 0 Å². The van der Waals surface area contributed by atoms with E-state index in [0.717, 1.165) is 11.1 Å². The average Bonchev–Trinajstić information content (AvgIpc) is 3.14. The van der Waals surface area contributed by atoms with Crippen LogP contribution >= 0.6 is 0 Å². The van der Waals surface area contributed by atoms with E-state index in [-0.39, 0.29) is 18.2 Å². The van der Waals surface area contributed by atoms with Crippen LogP contribution in [0.5, 0.6) is 0 Å². The second-order valence-electron chi connectivity index (χ2n) is 6.22. The summed E-state index contributed by atoms with van der Waals surface area (Å²) in [4.78, 5) is 1.95. The Morgan fingerprint density at radius 1 is 0.875 bits per heavy atom. The first-order valence-corrected chi connectivity index (χ1v) is 7.76. The van der Waals surface area contributed by atoms with Crippen molar-refractivity contribution >= 4 is 0 Å². The Hall–Kier alpha value is -1.86. The summed E-state index contributed by atoms with van der Waals surface area (Å²) in [5, 5.41) is 9.92. The summed E-state index contributed by atoms with van der Waals surface area (Å²) in [6, 6.07) is 12.1. The molecule has 2 fully saturated rings. The Morgan fingerprint density at radius 3 is 1.67 bits per heavy atom. The number of halogens is 2. The first-order valence-electron chi connectivity index (χ1n) is 7.76. The van der Waals surface area contributed by atoms with Gasteiger partial charge in [0.1, 0.15) is 24.1 Å². The molecule has 2 aromatic carbocycles. The highest BCUT2D eigenvalue weighted by Gasteiger charge is 2.56. The van der Waals surface area contributed by atoms with E-state index >= 15 is 0 Å². The SMILES string of the molecule is OCC12COC(c3ccc(F)cc3)N1[C@@H](c1ccc(F)cc1)OC2. The molecule has 2 aliphatic heterocycles. The van der Waals surface area contributed by atoms with Crippen molar-refractivity contribution in [2.75, 3.05) is 19.8 Å². The van der Waals surface area contributed by atoms with Crippen LogP contribution in [0, 0.1) is 11.6 Å². The predicted molar refractivity (Wildman–Crippen MR) is 81.8 cm³/mol. The standard InChI is InChI=1S/C18H17F2NO3/c19-14-5-1-12(2-6-14)16-21-17(13-3-7-15(20)8-4-13)24-11-18(21,9-22)10-23-16/h1-8,16-17,22H,9-11H2/t16-,17?,18?/m1/s1. The number of aliphatic hydroxyl groups excluding tert-OH is 1. The average molecular weight is 333 g/mol. The first kappa shape index (κ1) is 15.7. The molecular weight excluding hydrogens is 316 g/mol. The van der Waals surface area contributed by atoms with Gasteiger partial charge in [-0.1, -0.05) is 24.3 Å². The Labute approximate surface area is 138 Å². The minimum absolute atomic E-state index is 0.123. The van der Waals surface area contributed by atoms with Crippen molar-refractivity contribution in [1.29, 1.82) is 0 Å². The molecule has 1 N–H and O–H groups in total. The van der Waals surface area contributed by atoms with Crippen molar-refractivity contribution in [2.24, 2.45) is 0 Å². The highest BCUT2D eigenvalue weighted by atomic mass is 19.1. The summed E-state index contributed by atoms with van der Waals surface area (Å²) >= 11 is 0. The third-order valence-electron chi connectivity index (χ3n) is 4.68. The van der Waals surface area contributed by atoms with Crippen molar-refractivity contribution in [1.82, 2.24) is 4.90 Å².